The average molecular weight is 418 g/mol. The summed E-state index contributed by atoms with van der Waals surface area (Å²) in [5.41, 5.74) is 2.16. The SMILES string of the molecule is CCOc1ccc(-c2cc3c(=O)n(CC(=O)Nc4ccccc4OC)ccn3n2)cc1. The van der Waals surface area contributed by atoms with E-state index in [0.717, 1.165) is 11.3 Å². The Kier molecular flexibility index (Phi) is 5.70. The van der Waals surface area contributed by atoms with Crippen LogP contribution in [0, 0.1) is 0 Å². The minimum Gasteiger partial charge on any atom is -0.495 e. The zero-order valence-electron chi connectivity index (χ0n) is 17.2. The van der Waals surface area contributed by atoms with E-state index in [-0.39, 0.29) is 18.0 Å². The molecule has 2 heterocycles. The zero-order chi connectivity index (χ0) is 21.8. The van der Waals surface area contributed by atoms with Gasteiger partial charge in [-0.1, -0.05) is 12.1 Å². The van der Waals surface area contributed by atoms with Crippen LogP contribution >= 0.6 is 0 Å². The van der Waals surface area contributed by atoms with Crippen molar-refractivity contribution in [3.05, 3.63) is 77.3 Å². The van der Waals surface area contributed by atoms with Crippen molar-refractivity contribution in [2.75, 3.05) is 19.0 Å². The molecular weight excluding hydrogens is 396 g/mol. The molecule has 0 radical (unpaired) electrons. The predicted octanol–water partition coefficient (Wildman–Crippen LogP) is 3.21. The van der Waals surface area contributed by atoms with Crippen LogP contribution in [0.3, 0.4) is 0 Å². The molecule has 0 aliphatic rings. The number of aromatic nitrogens is 3. The highest BCUT2D eigenvalue weighted by Crippen LogP contribution is 2.23. The Balaban J connectivity index is 1.56. The van der Waals surface area contributed by atoms with Gasteiger partial charge < -0.3 is 19.4 Å². The smallest absolute Gasteiger partial charge is 0.277 e. The molecule has 1 amide bonds. The van der Waals surface area contributed by atoms with Gasteiger partial charge in [-0.25, -0.2) is 4.52 Å². The highest BCUT2D eigenvalue weighted by atomic mass is 16.5. The average Bonchev–Trinajstić information content (AvgIpc) is 3.22. The van der Waals surface area contributed by atoms with E-state index in [1.165, 1.54) is 16.2 Å². The van der Waals surface area contributed by atoms with Crippen LogP contribution in [0.15, 0.2) is 71.8 Å². The van der Waals surface area contributed by atoms with Crippen molar-refractivity contribution in [2.24, 2.45) is 0 Å². The van der Waals surface area contributed by atoms with E-state index >= 15 is 0 Å². The van der Waals surface area contributed by atoms with Crippen LogP contribution < -0.4 is 20.3 Å². The third-order valence-electron chi connectivity index (χ3n) is 4.76. The van der Waals surface area contributed by atoms with E-state index in [4.69, 9.17) is 9.47 Å². The lowest BCUT2D eigenvalue weighted by Crippen LogP contribution is -2.28. The monoisotopic (exact) mass is 418 g/mol. The van der Waals surface area contributed by atoms with Crippen molar-refractivity contribution in [1.82, 2.24) is 14.2 Å². The third kappa shape index (κ3) is 4.28. The van der Waals surface area contributed by atoms with Crippen molar-refractivity contribution in [3.8, 4) is 22.8 Å². The molecule has 4 aromatic rings. The highest BCUT2D eigenvalue weighted by molar-refractivity contribution is 5.92. The molecule has 1 N–H and O–H groups in total. The van der Waals surface area contributed by atoms with E-state index < -0.39 is 0 Å². The molecule has 0 saturated carbocycles. The minimum atomic E-state index is -0.331. The quantitative estimate of drug-likeness (QED) is 0.498. The number of nitrogens with zero attached hydrogens (tertiary/aromatic N) is 3. The maximum atomic E-state index is 12.9. The van der Waals surface area contributed by atoms with E-state index in [1.54, 1.807) is 36.7 Å². The number of ether oxygens (including phenoxy) is 2. The number of anilines is 1. The number of benzene rings is 2. The first-order valence-electron chi connectivity index (χ1n) is 9.84. The molecule has 4 rings (SSSR count). The molecular formula is C23H22N4O4. The van der Waals surface area contributed by atoms with Crippen LogP contribution in [0.25, 0.3) is 16.8 Å². The number of nitrogens with one attached hydrogen (secondary N) is 1. The largest absolute Gasteiger partial charge is 0.495 e. The molecule has 158 valence electrons. The molecule has 0 unspecified atom stereocenters. The topological polar surface area (TPSA) is 86.9 Å². The fourth-order valence-corrected chi connectivity index (χ4v) is 3.27. The lowest BCUT2D eigenvalue weighted by molar-refractivity contribution is -0.116. The minimum absolute atomic E-state index is 0.128. The molecule has 2 aromatic heterocycles. The van der Waals surface area contributed by atoms with Crippen LogP contribution in [-0.2, 0) is 11.3 Å². The highest BCUT2D eigenvalue weighted by Gasteiger charge is 2.13. The van der Waals surface area contributed by atoms with Gasteiger partial charge in [-0.3, -0.25) is 9.59 Å². The first-order valence-corrected chi connectivity index (χ1v) is 9.84. The van der Waals surface area contributed by atoms with Crippen LogP contribution in [0.4, 0.5) is 5.69 Å². The number of rotatable bonds is 7. The van der Waals surface area contributed by atoms with Crippen molar-refractivity contribution in [1.29, 1.82) is 0 Å². The number of hydrogen-bond acceptors (Lipinski definition) is 5. The fourth-order valence-electron chi connectivity index (χ4n) is 3.27. The second-order valence-electron chi connectivity index (χ2n) is 6.80. The maximum absolute atomic E-state index is 12.9. The van der Waals surface area contributed by atoms with Gasteiger partial charge in [0.1, 0.15) is 23.6 Å². The number of fused-ring (bicyclic) bond motifs is 1. The summed E-state index contributed by atoms with van der Waals surface area (Å²) >= 11 is 0. The molecule has 0 atom stereocenters. The number of methoxy groups -OCH3 is 1. The summed E-state index contributed by atoms with van der Waals surface area (Å²) < 4.78 is 13.6. The van der Waals surface area contributed by atoms with Gasteiger partial charge in [0.25, 0.3) is 5.56 Å². The molecule has 0 bridgehead atoms. The molecule has 2 aromatic carbocycles. The third-order valence-corrected chi connectivity index (χ3v) is 4.76. The van der Waals surface area contributed by atoms with Gasteiger partial charge in [0, 0.05) is 18.0 Å². The van der Waals surface area contributed by atoms with Gasteiger partial charge in [0.2, 0.25) is 5.91 Å². The van der Waals surface area contributed by atoms with Gasteiger partial charge in [-0.2, -0.15) is 5.10 Å². The molecule has 0 saturated heterocycles. The standard InChI is InChI=1S/C23H22N4O4/c1-3-31-17-10-8-16(9-11-17)19-14-20-23(29)26(12-13-27(20)25-19)15-22(28)24-18-6-4-5-7-21(18)30-2/h4-14H,3,15H2,1-2H3,(H,24,28). The van der Waals surface area contributed by atoms with Crippen LogP contribution in [0.1, 0.15) is 6.92 Å². The number of amides is 1. The van der Waals surface area contributed by atoms with Gasteiger partial charge in [-0.05, 0) is 49.4 Å². The van der Waals surface area contributed by atoms with Gasteiger partial charge in [0.05, 0.1) is 25.1 Å². The second-order valence-corrected chi connectivity index (χ2v) is 6.80. The van der Waals surface area contributed by atoms with Crippen molar-refractivity contribution in [2.45, 2.75) is 13.5 Å². The van der Waals surface area contributed by atoms with Gasteiger partial charge >= 0.3 is 0 Å². The Morgan fingerprint density at radius 3 is 2.61 bits per heavy atom. The Hall–Kier alpha value is -4.07. The fraction of sp³-hybridized carbons (Fsp3) is 0.174. The molecule has 8 nitrogen and oxygen atoms in total. The number of carbonyl (C=O) groups is 1. The lowest BCUT2D eigenvalue weighted by atomic mass is 10.1. The summed E-state index contributed by atoms with van der Waals surface area (Å²) in [6, 6.07) is 16.3. The summed E-state index contributed by atoms with van der Waals surface area (Å²) in [6.07, 6.45) is 3.21. The summed E-state index contributed by atoms with van der Waals surface area (Å²) in [6.45, 7) is 2.40. The van der Waals surface area contributed by atoms with E-state index in [1.807, 2.05) is 37.3 Å². The van der Waals surface area contributed by atoms with Crippen LogP contribution in [0.2, 0.25) is 0 Å². The Morgan fingerprint density at radius 1 is 1.10 bits per heavy atom. The summed E-state index contributed by atoms with van der Waals surface area (Å²) in [5.74, 6) is 0.995. The second kappa shape index (κ2) is 8.74. The summed E-state index contributed by atoms with van der Waals surface area (Å²) in [5, 5.41) is 7.25. The maximum Gasteiger partial charge on any atom is 0.277 e. The number of carbonyl (C=O) groups excluding carboxylic acids is 1. The van der Waals surface area contributed by atoms with Crippen molar-refractivity contribution >= 4 is 17.1 Å². The Labute approximate surface area is 178 Å². The van der Waals surface area contributed by atoms with E-state index in [2.05, 4.69) is 10.4 Å². The first-order chi connectivity index (χ1) is 15.1. The molecule has 0 aliphatic heterocycles. The van der Waals surface area contributed by atoms with Crippen LogP contribution in [-0.4, -0.2) is 33.8 Å². The normalized spacial score (nSPS) is 10.8. The number of para-hydroxylation sites is 2. The van der Waals surface area contributed by atoms with Crippen LogP contribution in [0.5, 0.6) is 11.5 Å². The molecule has 0 aliphatic carbocycles. The van der Waals surface area contributed by atoms with Gasteiger partial charge in [0.15, 0.2) is 0 Å². The van der Waals surface area contributed by atoms with Crippen molar-refractivity contribution < 1.29 is 14.3 Å². The Bertz CT molecular complexity index is 1270. The van der Waals surface area contributed by atoms with E-state index in [0.29, 0.717) is 29.3 Å². The molecule has 8 heteroatoms. The lowest BCUT2D eigenvalue weighted by Gasteiger charge is -2.10. The summed E-state index contributed by atoms with van der Waals surface area (Å²) in [4.78, 5) is 25.4. The molecule has 31 heavy (non-hydrogen) atoms. The molecule has 0 fully saturated rings. The first kappa shape index (κ1) is 20.2. The number of hydrogen-bond donors (Lipinski definition) is 1. The Morgan fingerprint density at radius 2 is 1.87 bits per heavy atom. The molecule has 0 spiro atoms. The van der Waals surface area contributed by atoms with Crippen molar-refractivity contribution in [3.63, 3.8) is 0 Å². The summed E-state index contributed by atoms with van der Waals surface area (Å²) in [7, 11) is 1.53. The van der Waals surface area contributed by atoms with E-state index in [9.17, 15) is 9.59 Å². The van der Waals surface area contributed by atoms with Gasteiger partial charge in [-0.15, -0.1) is 0 Å². The predicted molar refractivity (Wildman–Crippen MR) is 118 cm³/mol. The zero-order valence-corrected chi connectivity index (χ0v) is 17.2.